The molecule has 2 aromatic rings. The van der Waals surface area contributed by atoms with Crippen molar-refractivity contribution in [3.8, 4) is 0 Å². The molecule has 94 valence electrons. The highest BCUT2D eigenvalue weighted by Gasteiger charge is 2.17. The molecule has 0 aromatic carbocycles. The second kappa shape index (κ2) is 4.87. The average molecular weight is 247 g/mol. The van der Waals surface area contributed by atoms with E-state index >= 15 is 0 Å². The summed E-state index contributed by atoms with van der Waals surface area (Å²) in [6.45, 7) is 2.04. The van der Waals surface area contributed by atoms with Gasteiger partial charge in [-0.05, 0) is 19.1 Å². The van der Waals surface area contributed by atoms with E-state index in [1.165, 1.54) is 0 Å². The number of esters is 1. The molecule has 6 nitrogen and oxygen atoms in total. The van der Waals surface area contributed by atoms with E-state index in [2.05, 4.69) is 4.98 Å². The van der Waals surface area contributed by atoms with Gasteiger partial charge in [0.25, 0.3) is 5.91 Å². The van der Waals surface area contributed by atoms with Crippen LogP contribution in [0.2, 0.25) is 0 Å². The van der Waals surface area contributed by atoms with Gasteiger partial charge in [0.05, 0.1) is 12.1 Å². The fourth-order valence-electron chi connectivity index (χ4n) is 1.75. The Labute approximate surface area is 103 Å². The third-order valence-electron chi connectivity index (χ3n) is 2.46. The maximum Gasteiger partial charge on any atom is 0.313 e. The first-order valence-corrected chi connectivity index (χ1v) is 5.55. The van der Waals surface area contributed by atoms with Crippen molar-refractivity contribution in [2.75, 3.05) is 6.61 Å². The smallest absolute Gasteiger partial charge is 0.313 e. The molecule has 0 aliphatic heterocycles. The lowest BCUT2D eigenvalue weighted by atomic mass is 10.3. The van der Waals surface area contributed by atoms with Gasteiger partial charge in [0, 0.05) is 6.20 Å². The lowest BCUT2D eigenvalue weighted by Crippen LogP contribution is -2.12. The van der Waals surface area contributed by atoms with Crippen molar-refractivity contribution in [3.63, 3.8) is 0 Å². The monoisotopic (exact) mass is 247 g/mol. The highest BCUT2D eigenvalue weighted by molar-refractivity contribution is 5.98. The Morgan fingerprint density at radius 2 is 2.22 bits per heavy atom. The molecule has 2 heterocycles. The number of pyridine rings is 1. The zero-order valence-electron chi connectivity index (χ0n) is 9.92. The number of rotatable bonds is 4. The zero-order valence-corrected chi connectivity index (χ0v) is 9.92. The first-order valence-electron chi connectivity index (χ1n) is 5.55. The maximum absolute atomic E-state index is 11.4. The number of fused-ring (bicyclic) bond motifs is 1. The van der Waals surface area contributed by atoms with Gasteiger partial charge < -0.3 is 14.9 Å². The van der Waals surface area contributed by atoms with Crippen LogP contribution in [0.1, 0.15) is 23.2 Å². The van der Waals surface area contributed by atoms with E-state index in [0.717, 1.165) is 0 Å². The van der Waals surface area contributed by atoms with Gasteiger partial charge in [-0.3, -0.25) is 9.59 Å². The number of ether oxygens (including phenoxy) is 1. The van der Waals surface area contributed by atoms with Crippen molar-refractivity contribution < 1.29 is 14.3 Å². The molecule has 1 amide bonds. The second-order valence-corrected chi connectivity index (χ2v) is 3.68. The summed E-state index contributed by atoms with van der Waals surface area (Å²) < 4.78 is 6.52. The normalized spacial score (nSPS) is 10.5. The number of amides is 1. The van der Waals surface area contributed by atoms with Crippen LogP contribution in [0.5, 0.6) is 0 Å². The minimum atomic E-state index is -0.617. The Hall–Kier alpha value is -2.37. The van der Waals surface area contributed by atoms with Crippen molar-refractivity contribution in [2.24, 2.45) is 5.73 Å². The van der Waals surface area contributed by atoms with E-state index in [1.807, 2.05) is 0 Å². The summed E-state index contributed by atoms with van der Waals surface area (Å²) in [6, 6.07) is 5.29. The molecule has 6 heteroatoms. The van der Waals surface area contributed by atoms with E-state index in [0.29, 0.717) is 17.9 Å². The summed E-state index contributed by atoms with van der Waals surface area (Å²) >= 11 is 0. The van der Waals surface area contributed by atoms with E-state index < -0.39 is 5.91 Å². The number of hydrogen-bond acceptors (Lipinski definition) is 4. The fraction of sp³-hybridized carbons (Fsp3) is 0.250. The van der Waals surface area contributed by atoms with Crippen LogP contribution in [0.4, 0.5) is 0 Å². The zero-order chi connectivity index (χ0) is 13.1. The molecule has 2 N–H and O–H groups in total. The molecule has 0 fully saturated rings. The van der Waals surface area contributed by atoms with E-state index in [-0.39, 0.29) is 18.1 Å². The molecule has 0 radical (unpaired) electrons. The molecule has 0 saturated carbocycles. The van der Waals surface area contributed by atoms with Crippen molar-refractivity contribution in [1.29, 1.82) is 0 Å². The van der Waals surface area contributed by atoms with E-state index in [4.69, 9.17) is 10.5 Å². The number of carbonyl (C=O) groups is 2. The Morgan fingerprint density at radius 3 is 2.89 bits per heavy atom. The third-order valence-corrected chi connectivity index (χ3v) is 2.46. The summed E-state index contributed by atoms with van der Waals surface area (Å²) in [7, 11) is 0. The molecule has 0 atom stereocenters. The highest BCUT2D eigenvalue weighted by Crippen LogP contribution is 2.13. The van der Waals surface area contributed by atoms with Gasteiger partial charge in [-0.15, -0.1) is 0 Å². The summed E-state index contributed by atoms with van der Waals surface area (Å²) in [5.74, 6) is -0.559. The topological polar surface area (TPSA) is 86.7 Å². The Bertz CT molecular complexity index is 604. The molecule has 0 bridgehead atoms. The standard InChI is InChI=1S/C12H13N3O3/c1-2-18-10(16)7-9-14-11(12(13)17)8-5-3-4-6-15(8)9/h3-6H,2,7H2,1H3,(H2,13,17). The molecule has 0 saturated heterocycles. The molecular weight excluding hydrogens is 234 g/mol. The van der Waals surface area contributed by atoms with Gasteiger partial charge in [0.2, 0.25) is 0 Å². The summed E-state index contributed by atoms with van der Waals surface area (Å²) in [6.07, 6.45) is 1.73. The van der Waals surface area contributed by atoms with E-state index in [9.17, 15) is 9.59 Å². The molecule has 0 aliphatic rings. The number of carbonyl (C=O) groups excluding carboxylic acids is 2. The van der Waals surface area contributed by atoms with Crippen LogP contribution in [0.3, 0.4) is 0 Å². The Balaban J connectivity index is 2.45. The first-order chi connectivity index (χ1) is 8.63. The average Bonchev–Trinajstić information content (AvgIpc) is 2.69. The molecular formula is C12H13N3O3. The summed E-state index contributed by atoms with van der Waals surface area (Å²) in [5.41, 5.74) is 6.00. The predicted molar refractivity (Wildman–Crippen MR) is 64.0 cm³/mol. The molecule has 2 rings (SSSR count). The summed E-state index contributed by atoms with van der Waals surface area (Å²) in [5, 5.41) is 0. The van der Waals surface area contributed by atoms with Gasteiger partial charge in [-0.25, -0.2) is 4.98 Å². The first kappa shape index (κ1) is 12.1. The number of hydrogen-bond donors (Lipinski definition) is 1. The van der Waals surface area contributed by atoms with E-state index in [1.54, 1.807) is 35.7 Å². The number of nitrogens with zero attached hydrogens (tertiary/aromatic N) is 2. The molecule has 18 heavy (non-hydrogen) atoms. The van der Waals surface area contributed by atoms with Gasteiger partial charge in [0.1, 0.15) is 12.2 Å². The van der Waals surface area contributed by atoms with Crippen molar-refractivity contribution >= 4 is 17.4 Å². The third kappa shape index (κ3) is 2.17. The summed E-state index contributed by atoms with van der Waals surface area (Å²) in [4.78, 5) is 26.8. The SMILES string of the molecule is CCOC(=O)Cc1nc(C(N)=O)c2ccccn12. The van der Waals surface area contributed by atoms with Crippen LogP contribution in [0, 0.1) is 0 Å². The van der Waals surface area contributed by atoms with Crippen LogP contribution >= 0.6 is 0 Å². The largest absolute Gasteiger partial charge is 0.466 e. The van der Waals surface area contributed by atoms with Gasteiger partial charge in [-0.1, -0.05) is 6.07 Å². The van der Waals surface area contributed by atoms with Crippen LogP contribution in [0.15, 0.2) is 24.4 Å². The fourth-order valence-corrected chi connectivity index (χ4v) is 1.75. The van der Waals surface area contributed by atoms with Gasteiger partial charge in [-0.2, -0.15) is 0 Å². The number of aromatic nitrogens is 2. The van der Waals surface area contributed by atoms with Crippen molar-refractivity contribution in [2.45, 2.75) is 13.3 Å². The molecule has 0 unspecified atom stereocenters. The van der Waals surface area contributed by atoms with Crippen LogP contribution in [0.25, 0.3) is 5.52 Å². The number of primary amides is 1. The molecule has 0 spiro atoms. The van der Waals surface area contributed by atoms with Crippen molar-refractivity contribution in [1.82, 2.24) is 9.38 Å². The van der Waals surface area contributed by atoms with Gasteiger partial charge in [0.15, 0.2) is 5.69 Å². The second-order valence-electron chi connectivity index (χ2n) is 3.68. The lowest BCUT2D eigenvalue weighted by Gasteiger charge is -2.01. The van der Waals surface area contributed by atoms with Crippen molar-refractivity contribution in [3.05, 3.63) is 35.9 Å². The van der Waals surface area contributed by atoms with Crippen LogP contribution in [-0.2, 0) is 16.0 Å². The minimum absolute atomic E-state index is 0.00625. The lowest BCUT2D eigenvalue weighted by molar-refractivity contribution is -0.142. The van der Waals surface area contributed by atoms with Crippen LogP contribution in [-0.4, -0.2) is 27.9 Å². The quantitative estimate of drug-likeness (QED) is 0.799. The highest BCUT2D eigenvalue weighted by atomic mass is 16.5. The molecule has 0 aliphatic carbocycles. The Morgan fingerprint density at radius 1 is 1.44 bits per heavy atom. The Kier molecular flexibility index (Phi) is 3.27. The van der Waals surface area contributed by atoms with Crippen LogP contribution < -0.4 is 5.73 Å². The predicted octanol–water partition coefficient (Wildman–Crippen LogP) is 0.539. The maximum atomic E-state index is 11.4. The number of nitrogens with two attached hydrogens (primary N) is 1. The minimum Gasteiger partial charge on any atom is -0.466 e. The number of imidazole rings is 1. The van der Waals surface area contributed by atoms with Gasteiger partial charge >= 0.3 is 5.97 Å². The molecule has 2 aromatic heterocycles.